The summed E-state index contributed by atoms with van der Waals surface area (Å²) in [7, 11) is 0. The van der Waals surface area contributed by atoms with Crippen molar-refractivity contribution in [3.8, 4) is 0 Å². The molecule has 0 aliphatic rings. The molecule has 0 fully saturated rings. The third kappa shape index (κ3) is 2.36. The van der Waals surface area contributed by atoms with Crippen molar-refractivity contribution >= 4 is 11.8 Å². The summed E-state index contributed by atoms with van der Waals surface area (Å²) in [5.74, 6) is -3.20. The van der Waals surface area contributed by atoms with Crippen LogP contribution in [0.25, 0.3) is 0 Å². The van der Waals surface area contributed by atoms with Gasteiger partial charge in [0, 0.05) is 17.3 Å². The second-order valence-corrected chi connectivity index (χ2v) is 2.76. The van der Waals surface area contributed by atoms with Gasteiger partial charge in [0.15, 0.2) is 11.6 Å². The third-order valence-corrected chi connectivity index (χ3v) is 1.74. The highest BCUT2D eigenvalue weighted by Gasteiger charge is 2.21. The number of nitrogens with zero attached hydrogens (tertiary/aromatic N) is 1. The van der Waals surface area contributed by atoms with Gasteiger partial charge < -0.3 is 10.8 Å². The number of hydrogen-bond donors (Lipinski definition) is 2. The van der Waals surface area contributed by atoms with E-state index in [1.54, 1.807) is 0 Å². The maximum Gasteiger partial charge on any atom is 0.307 e. The highest BCUT2D eigenvalue weighted by Crippen LogP contribution is 2.26. The number of aromatic nitrogens is 1. The largest absolute Gasteiger partial charge is 0.481 e. The van der Waals surface area contributed by atoms with Crippen molar-refractivity contribution in [3.05, 3.63) is 23.1 Å². The van der Waals surface area contributed by atoms with Gasteiger partial charge in [0.1, 0.15) is 0 Å². The molecule has 0 saturated carbocycles. The second-order valence-electron chi connectivity index (χ2n) is 2.76. The Kier molecular flexibility index (Phi) is 3.13. The molecule has 3 N–H and O–H groups in total. The van der Waals surface area contributed by atoms with Gasteiger partial charge in [-0.25, -0.2) is 18.2 Å². The molecule has 7 heteroatoms. The molecule has 0 aromatic carbocycles. The first-order chi connectivity index (χ1) is 6.93. The summed E-state index contributed by atoms with van der Waals surface area (Å²) in [6.45, 7) is 0. The number of hydrogen-bond acceptors (Lipinski definition) is 3. The lowest BCUT2D eigenvalue weighted by Gasteiger charge is -2.08. The van der Waals surface area contributed by atoms with Gasteiger partial charge in [-0.1, -0.05) is 0 Å². The van der Waals surface area contributed by atoms with Crippen LogP contribution in [0.3, 0.4) is 0 Å². The summed E-state index contributed by atoms with van der Waals surface area (Å²) in [4.78, 5) is 13.5. The van der Waals surface area contributed by atoms with Crippen molar-refractivity contribution in [3.63, 3.8) is 0 Å². The molecule has 0 aliphatic carbocycles. The molecule has 0 saturated heterocycles. The Morgan fingerprint density at radius 1 is 1.60 bits per heavy atom. The highest BCUT2D eigenvalue weighted by molar-refractivity contribution is 5.71. The Hall–Kier alpha value is -1.79. The Balaban J connectivity index is 3.28. The molecule has 1 heterocycles. The molecule has 82 valence electrons. The predicted molar refractivity (Wildman–Crippen MR) is 44.9 cm³/mol. The van der Waals surface area contributed by atoms with Crippen molar-refractivity contribution in [1.29, 1.82) is 0 Å². The normalized spacial score (nSPS) is 10.7. The first-order valence-corrected chi connectivity index (χ1v) is 3.86. The van der Waals surface area contributed by atoms with Crippen LogP contribution in [-0.2, 0) is 11.2 Å². The molecule has 0 atom stereocenters. The molecule has 0 bridgehead atoms. The monoisotopic (exact) mass is 220 g/mol. The summed E-state index contributed by atoms with van der Waals surface area (Å²) in [5, 5.41) is 8.42. The number of carboxylic acids is 1. The first kappa shape index (κ1) is 11.3. The SMILES string of the molecule is Nc1ncc(C(F)F)c(CC(=O)O)c1F. The van der Waals surface area contributed by atoms with Crippen molar-refractivity contribution in [1.82, 2.24) is 4.98 Å². The fourth-order valence-corrected chi connectivity index (χ4v) is 1.07. The molecule has 15 heavy (non-hydrogen) atoms. The van der Waals surface area contributed by atoms with Crippen molar-refractivity contribution in [2.45, 2.75) is 12.8 Å². The van der Waals surface area contributed by atoms with Crippen LogP contribution in [0.15, 0.2) is 6.20 Å². The number of nitrogens with two attached hydrogens (primary N) is 1. The van der Waals surface area contributed by atoms with E-state index in [0.29, 0.717) is 6.20 Å². The van der Waals surface area contributed by atoms with E-state index >= 15 is 0 Å². The zero-order chi connectivity index (χ0) is 11.6. The van der Waals surface area contributed by atoms with Crippen LogP contribution in [-0.4, -0.2) is 16.1 Å². The van der Waals surface area contributed by atoms with Gasteiger partial charge in [-0.05, 0) is 0 Å². The van der Waals surface area contributed by atoms with Crippen LogP contribution in [0.4, 0.5) is 19.0 Å². The average molecular weight is 220 g/mol. The van der Waals surface area contributed by atoms with Crippen LogP contribution in [0.2, 0.25) is 0 Å². The van der Waals surface area contributed by atoms with Gasteiger partial charge in [-0.3, -0.25) is 4.79 Å². The van der Waals surface area contributed by atoms with E-state index in [2.05, 4.69) is 4.98 Å². The molecule has 0 aliphatic heterocycles. The van der Waals surface area contributed by atoms with Crippen molar-refractivity contribution in [2.24, 2.45) is 0 Å². The molecular weight excluding hydrogens is 213 g/mol. The summed E-state index contributed by atoms with van der Waals surface area (Å²) in [6, 6.07) is 0. The minimum atomic E-state index is -2.98. The van der Waals surface area contributed by atoms with E-state index in [4.69, 9.17) is 10.8 Å². The Morgan fingerprint density at radius 3 is 2.67 bits per heavy atom. The van der Waals surface area contributed by atoms with Gasteiger partial charge in [-0.2, -0.15) is 0 Å². The second kappa shape index (κ2) is 4.16. The fourth-order valence-electron chi connectivity index (χ4n) is 1.07. The lowest BCUT2D eigenvalue weighted by atomic mass is 10.1. The van der Waals surface area contributed by atoms with E-state index in [1.165, 1.54) is 0 Å². The zero-order valence-electron chi connectivity index (χ0n) is 7.38. The topological polar surface area (TPSA) is 76.2 Å². The highest BCUT2D eigenvalue weighted by atomic mass is 19.3. The number of pyridine rings is 1. The smallest absolute Gasteiger partial charge is 0.307 e. The molecule has 1 rings (SSSR count). The number of anilines is 1. The third-order valence-electron chi connectivity index (χ3n) is 1.74. The number of rotatable bonds is 3. The quantitative estimate of drug-likeness (QED) is 0.806. The van der Waals surface area contributed by atoms with Gasteiger partial charge >= 0.3 is 5.97 Å². The number of halogens is 3. The van der Waals surface area contributed by atoms with Crippen molar-refractivity contribution in [2.75, 3.05) is 5.73 Å². The van der Waals surface area contributed by atoms with E-state index in [9.17, 15) is 18.0 Å². The maximum atomic E-state index is 13.2. The summed E-state index contributed by atoms with van der Waals surface area (Å²) in [5.41, 5.74) is 3.67. The summed E-state index contributed by atoms with van der Waals surface area (Å²) >= 11 is 0. The summed E-state index contributed by atoms with van der Waals surface area (Å²) in [6.07, 6.45) is -3.15. The first-order valence-electron chi connectivity index (χ1n) is 3.86. The Labute approximate surface area is 82.5 Å². The van der Waals surface area contributed by atoms with Crippen LogP contribution in [0, 0.1) is 5.82 Å². The molecular formula is C8H7F3N2O2. The Bertz CT molecular complexity index is 396. The standard InChI is InChI=1S/C8H7F3N2O2/c9-6-3(1-5(14)15)4(7(10)11)2-13-8(6)12/h2,7H,1H2,(H2,12,13)(H,14,15). The van der Waals surface area contributed by atoms with E-state index < -0.39 is 41.6 Å². The molecule has 0 unspecified atom stereocenters. The van der Waals surface area contributed by atoms with Crippen LogP contribution in [0.1, 0.15) is 17.6 Å². The molecule has 0 amide bonds. The zero-order valence-corrected chi connectivity index (χ0v) is 7.38. The molecule has 1 aromatic rings. The van der Waals surface area contributed by atoms with Crippen LogP contribution >= 0.6 is 0 Å². The number of carbonyl (C=O) groups is 1. The number of nitrogen functional groups attached to an aromatic ring is 1. The fraction of sp³-hybridized carbons (Fsp3) is 0.250. The predicted octanol–water partition coefficient (Wildman–Crippen LogP) is 1.37. The van der Waals surface area contributed by atoms with Crippen molar-refractivity contribution < 1.29 is 23.1 Å². The van der Waals surface area contributed by atoms with Gasteiger partial charge in [0.25, 0.3) is 6.43 Å². The Morgan fingerprint density at radius 2 is 2.20 bits per heavy atom. The van der Waals surface area contributed by atoms with Gasteiger partial charge in [0.2, 0.25) is 0 Å². The van der Waals surface area contributed by atoms with E-state index in [0.717, 1.165) is 0 Å². The molecule has 4 nitrogen and oxygen atoms in total. The molecule has 1 aromatic heterocycles. The number of carboxylic acid groups (broad SMARTS) is 1. The van der Waals surface area contributed by atoms with Gasteiger partial charge in [0.05, 0.1) is 6.42 Å². The lowest BCUT2D eigenvalue weighted by molar-refractivity contribution is -0.136. The summed E-state index contributed by atoms with van der Waals surface area (Å²) < 4.78 is 37.9. The van der Waals surface area contributed by atoms with E-state index in [1.807, 2.05) is 0 Å². The van der Waals surface area contributed by atoms with E-state index in [-0.39, 0.29) is 0 Å². The lowest BCUT2D eigenvalue weighted by Crippen LogP contribution is -2.10. The number of alkyl halides is 2. The average Bonchev–Trinajstić information content (AvgIpc) is 2.12. The van der Waals surface area contributed by atoms with Gasteiger partial charge in [-0.15, -0.1) is 0 Å². The minimum absolute atomic E-state index is 0.587. The maximum absolute atomic E-state index is 13.2. The molecule has 0 radical (unpaired) electrons. The minimum Gasteiger partial charge on any atom is -0.481 e. The molecule has 0 spiro atoms. The van der Waals surface area contributed by atoms with Crippen LogP contribution in [0.5, 0.6) is 0 Å². The van der Waals surface area contributed by atoms with Crippen LogP contribution < -0.4 is 5.73 Å². The number of aliphatic carboxylic acids is 1.